The molecule has 0 bridgehead atoms. The van der Waals surface area contributed by atoms with Gasteiger partial charge in [0.15, 0.2) is 6.10 Å². The highest BCUT2D eigenvalue weighted by atomic mass is 32.1. The van der Waals surface area contributed by atoms with E-state index in [2.05, 4.69) is 5.32 Å². The zero-order chi connectivity index (χ0) is 18.5. The molecule has 134 valence electrons. The Morgan fingerprint density at radius 1 is 1.23 bits per heavy atom. The number of non-ortho nitro benzene ring substituents is 1. The third-order valence-electron chi connectivity index (χ3n) is 3.65. The second-order valence-corrected chi connectivity index (χ2v) is 7.45. The summed E-state index contributed by atoms with van der Waals surface area (Å²) in [5.41, 5.74) is 0.586. The zero-order valence-electron chi connectivity index (χ0n) is 13.9. The molecule has 0 saturated heterocycles. The van der Waals surface area contributed by atoms with E-state index in [1.165, 1.54) is 29.5 Å². The maximum Gasteiger partial charge on any atom is 0.270 e. The SMILES string of the molecule is C[C@@H](Oc1ccc([N+](=O)[O-])cc1-c1cccs1)C(=O)NCc1cccs1. The second-order valence-electron chi connectivity index (χ2n) is 5.47. The van der Waals surface area contributed by atoms with Crippen LogP contribution < -0.4 is 10.1 Å². The monoisotopic (exact) mass is 388 g/mol. The van der Waals surface area contributed by atoms with Crippen LogP contribution in [-0.2, 0) is 11.3 Å². The number of carbonyl (C=O) groups excluding carboxylic acids is 1. The lowest BCUT2D eigenvalue weighted by Crippen LogP contribution is -2.35. The highest BCUT2D eigenvalue weighted by Crippen LogP contribution is 2.36. The number of hydrogen-bond donors (Lipinski definition) is 1. The van der Waals surface area contributed by atoms with Gasteiger partial charge in [-0.2, -0.15) is 0 Å². The molecule has 0 saturated carbocycles. The van der Waals surface area contributed by atoms with Gasteiger partial charge in [-0.15, -0.1) is 22.7 Å². The number of nitro benzene ring substituents is 1. The molecule has 2 aromatic heterocycles. The fourth-order valence-corrected chi connectivity index (χ4v) is 3.73. The Morgan fingerprint density at radius 2 is 2.00 bits per heavy atom. The maximum atomic E-state index is 12.3. The Labute approximate surface area is 158 Å². The number of benzene rings is 1. The fourth-order valence-electron chi connectivity index (χ4n) is 2.33. The normalized spacial score (nSPS) is 11.7. The Kier molecular flexibility index (Phi) is 5.65. The second kappa shape index (κ2) is 8.11. The Bertz CT molecular complexity index is 892. The van der Waals surface area contributed by atoms with Gasteiger partial charge >= 0.3 is 0 Å². The summed E-state index contributed by atoms with van der Waals surface area (Å²) in [4.78, 5) is 24.8. The van der Waals surface area contributed by atoms with E-state index in [1.54, 1.807) is 18.3 Å². The first-order valence-corrected chi connectivity index (χ1v) is 9.59. The van der Waals surface area contributed by atoms with Crippen LogP contribution in [0.2, 0.25) is 0 Å². The first-order chi connectivity index (χ1) is 12.5. The van der Waals surface area contributed by atoms with Crippen LogP contribution >= 0.6 is 22.7 Å². The van der Waals surface area contributed by atoms with Crippen LogP contribution in [-0.4, -0.2) is 16.9 Å². The van der Waals surface area contributed by atoms with Gasteiger partial charge in [0.2, 0.25) is 0 Å². The predicted octanol–water partition coefficient (Wildman–Crippen LogP) is 4.47. The van der Waals surface area contributed by atoms with Crippen molar-refractivity contribution in [2.45, 2.75) is 19.6 Å². The molecule has 0 spiro atoms. The largest absolute Gasteiger partial charge is 0.480 e. The molecule has 3 aromatic rings. The first-order valence-electron chi connectivity index (χ1n) is 7.83. The van der Waals surface area contributed by atoms with Gasteiger partial charge in [0, 0.05) is 27.5 Å². The topological polar surface area (TPSA) is 81.5 Å². The molecule has 0 fully saturated rings. The molecule has 0 unspecified atom stereocenters. The maximum absolute atomic E-state index is 12.3. The molecule has 8 heteroatoms. The average molecular weight is 388 g/mol. The van der Waals surface area contributed by atoms with Gasteiger partial charge < -0.3 is 10.1 Å². The molecule has 1 N–H and O–H groups in total. The fraction of sp³-hybridized carbons (Fsp3) is 0.167. The van der Waals surface area contributed by atoms with Crippen molar-refractivity contribution < 1.29 is 14.5 Å². The number of hydrogen-bond acceptors (Lipinski definition) is 6. The highest BCUT2D eigenvalue weighted by Gasteiger charge is 2.19. The van der Waals surface area contributed by atoms with Gasteiger partial charge in [-0.1, -0.05) is 12.1 Å². The lowest BCUT2D eigenvalue weighted by Gasteiger charge is -2.16. The number of nitro groups is 1. The number of thiophene rings is 2. The van der Waals surface area contributed by atoms with Crippen molar-refractivity contribution >= 4 is 34.3 Å². The minimum absolute atomic E-state index is 0.0180. The molecule has 1 atom stereocenters. The smallest absolute Gasteiger partial charge is 0.270 e. The number of rotatable bonds is 7. The number of amides is 1. The summed E-state index contributed by atoms with van der Waals surface area (Å²) in [7, 11) is 0. The minimum atomic E-state index is -0.727. The number of nitrogens with one attached hydrogen (secondary N) is 1. The third-order valence-corrected chi connectivity index (χ3v) is 5.43. The standard InChI is InChI=1S/C18H16N2O4S2/c1-12(18(21)19-11-14-4-2-8-25-14)24-16-7-6-13(20(22)23)10-15(16)17-5-3-9-26-17/h2-10,12H,11H2,1H3,(H,19,21)/t12-/m1/s1. The molecule has 26 heavy (non-hydrogen) atoms. The van der Waals surface area contributed by atoms with Crippen molar-refractivity contribution in [2.24, 2.45) is 0 Å². The molecular formula is C18H16N2O4S2. The first kappa shape index (κ1) is 18.1. The lowest BCUT2D eigenvalue weighted by atomic mass is 10.1. The van der Waals surface area contributed by atoms with Gasteiger partial charge in [-0.05, 0) is 35.9 Å². The summed E-state index contributed by atoms with van der Waals surface area (Å²) >= 11 is 3.02. The highest BCUT2D eigenvalue weighted by molar-refractivity contribution is 7.13. The Hall–Kier alpha value is -2.71. The number of ether oxygens (including phenoxy) is 1. The van der Waals surface area contributed by atoms with Crippen molar-refractivity contribution in [2.75, 3.05) is 0 Å². The van der Waals surface area contributed by atoms with Crippen LogP contribution in [0.4, 0.5) is 5.69 Å². The van der Waals surface area contributed by atoms with Gasteiger partial charge in [0.05, 0.1) is 11.5 Å². The van der Waals surface area contributed by atoms with Crippen LogP contribution in [0.15, 0.2) is 53.2 Å². The van der Waals surface area contributed by atoms with Gasteiger partial charge in [-0.3, -0.25) is 14.9 Å². The summed E-state index contributed by atoms with van der Waals surface area (Å²) in [6, 6.07) is 12.0. The van der Waals surface area contributed by atoms with E-state index in [4.69, 9.17) is 4.74 Å². The number of carbonyl (C=O) groups is 1. The molecule has 1 amide bonds. The molecular weight excluding hydrogens is 372 g/mol. The van der Waals surface area contributed by atoms with Crippen molar-refractivity contribution in [3.05, 3.63) is 68.2 Å². The van der Waals surface area contributed by atoms with E-state index < -0.39 is 11.0 Å². The minimum Gasteiger partial charge on any atom is -0.480 e. The van der Waals surface area contributed by atoms with Crippen LogP contribution in [0.25, 0.3) is 10.4 Å². The molecule has 3 rings (SSSR count). The van der Waals surface area contributed by atoms with Gasteiger partial charge in [0.1, 0.15) is 5.75 Å². The Balaban J connectivity index is 1.75. The quantitative estimate of drug-likeness (QED) is 0.478. The van der Waals surface area contributed by atoms with Crippen LogP contribution in [0.3, 0.4) is 0 Å². The zero-order valence-corrected chi connectivity index (χ0v) is 15.5. The summed E-state index contributed by atoms with van der Waals surface area (Å²) < 4.78 is 5.81. The van der Waals surface area contributed by atoms with E-state index in [-0.39, 0.29) is 11.6 Å². The molecule has 1 aromatic carbocycles. The van der Waals surface area contributed by atoms with E-state index in [0.717, 1.165) is 9.75 Å². The van der Waals surface area contributed by atoms with Crippen LogP contribution in [0, 0.1) is 10.1 Å². The van der Waals surface area contributed by atoms with E-state index in [0.29, 0.717) is 17.9 Å². The molecule has 0 aliphatic heterocycles. The van der Waals surface area contributed by atoms with E-state index >= 15 is 0 Å². The van der Waals surface area contributed by atoms with E-state index in [1.807, 2.05) is 35.0 Å². The Morgan fingerprint density at radius 3 is 2.65 bits per heavy atom. The van der Waals surface area contributed by atoms with Crippen LogP contribution in [0.1, 0.15) is 11.8 Å². The van der Waals surface area contributed by atoms with Gasteiger partial charge in [0.25, 0.3) is 11.6 Å². The molecule has 6 nitrogen and oxygen atoms in total. The number of nitrogens with zero attached hydrogens (tertiary/aromatic N) is 1. The summed E-state index contributed by atoms with van der Waals surface area (Å²) in [6.45, 7) is 2.10. The van der Waals surface area contributed by atoms with Crippen molar-refractivity contribution in [1.82, 2.24) is 5.32 Å². The molecule has 0 aliphatic rings. The average Bonchev–Trinajstić information content (AvgIpc) is 3.33. The van der Waals surface area contributed by atoms with Crippen molar-refractivity contribution in [3.63, 3.8) is 0 Å². The summed E-state index contributed by atoms with van der Waals surface area (Å²) in [5, 5.41) is 17.7. The summed E-state index contributed by atoms with van der Waals surface area (Å²) in [5.74, 6) is 0.200. The molecule has 0 aliphatic carbocycles. The van der Waals surface area contributed by atoms with E-state index in [9.17, 15) is 14.9 Å². The van der Waals surface area contributed by atoms with Crippen molar-refractivity contribution in [3.8, 4) is 16.2 Å². The summed E-state index contributed by atoms with van der Waals surface area (Å²) in [6.07, 6.45) is -0.727. The third kappa shape index (κ3) is 4.27. The predicted molar refractivity (Wildman–Crippen MR) is 103 cm³/mol. The van der Waals surface area contributed by atoms with Crippen LogP contribution in [0.5, 0.6) is 5.75 Å². The van der Waals surface area contributed by atoms with Crippen molar-refractivity contribution in [1.29, 1.82) is 0 Å². The molecule has 2 heterocycles. The van der Waals surface area contributed by atoms with Gasteiger partial charge in [-0.25, -0.2) is 0 Å². The molecule has 0 radical (unpaired) electrons. The lowest BCUT2D eigenvalue weighted by molar-refractivity contribution is -0.384.